The molecule has 0 aliphatic heterocycles. The Bertz CT molecular complexity index is 485. The minimum Gasteiger partial charge on any atom is -0.399 e. The van der Waals surface area contributed by atoms with E-state index >= 15 is 0 Å². The number of hydrogen-bond acceptors (Lipinski definition) is 7. The molecule has 1 unspecified atom stereocenters. The summed E-state index contributed by atoms with van der Waals surface area (Å²) in [5.74, 6) is -0.911. The zero-order valence-corrected chi connectivity index (χ0v) is 12.9. The lowest BCUT2D eigenvalue weighted by atomic mass is 10.0. The molecule has 0 fully saturated rings. The molecule has 1 aromatic rings. The standard InChI is InChI=1S/C13H18N2O6.ClH/c1-10(6-7-11-4-2-3-5-12(11)14)13(16)21-20-9-8-19-15(17)18;/h2-5,10H,6-9,14H2,1H3;1H. The van der Waals surface area contributed by atoms with Gasteiger partial charge >= 0.3 is 5.97 Å². The minimum atomic E-state index is -0.946. The van der Waals surface area contributed by atoms with E-state index in [0.29, 0.717) is 18.5 Å². The third-order valence-electron chi connectivity index (χ3n) is 2.81. The fraction of sp³-hybridized carbons (Fsp3) is 0.462. The Kier molecular flexibility index (Phi) is 9.64. The van der Waals surface area contributed by atoms with Crippen molar-refractivity contribution >= 4 is 24.1 Å². The van der Waals surface area contributed by atoms with E-state index in [4.69, 9.17) is 5.73 Å². The Morgan fingerprint density at radius 1 is 1.36 bits per heavy atom. The molecule has 0 spiro atoms. The molecule has 2 N–H and O–H groups in total. The molecule has 0 aliphatic carbocycles. The molecule has 0 radical (unpaired) electrons. The summed E-state index contributed by atoms with van der Waals surface area (Å²) >= 11 is 0. The molecule has 0 amide bonds. The summed E-state index contributed by atoms with van der Waals surface area (Å²) in [6.07, 6.45) is 1.20. The number of nitrogen functional groups attached to an aromatic ring is 1. The van der Waals surface area contributed by atoms with Crippen molar-refractivity contribution in [2.45, 2.75) is 19.8 Å². The summed E-state index contributed by atoms with van der Waals surface area (Å²) in [5.41, 5.74) is 7.47. The third-order valence-corrected chi connectivity index (χ3v) is 2.81. The van der Waals surface area contributed by atoms with E-state index in [1.807, 2.05) is 18.2 Å². The van der Waals surface area contributed by atoms with E-state index < -0.39 is 11.1 Å². The molecular formula is C13H19ClN2O6. The Labute approximate surface area is 134 Å². The number of nitrogens with two attached hydrogens (primary N) is 1. The Hall–Kier alpha value is -2.06. The van der Waals surface area contributed by atoms with Gasteiger partial charge in [0.25, 0.3) is 5.09 Å². The van der Waals surface area contributed by atoms with Gasteiger partial charge in [0.1, 0.15) is 13.2 Å². The summed E-state index contributed by atoms with van der Waals surface area (Å²) < 4.78 is 0. The molecule has 9 heteroatoms. The van der Waals surface area contributed by atoms with Crippen molar-refractivity contribution in [1.82, 2.24) is 0 Å². The van der Waals surface area contributed by atoms with Crippen LogP contribution in [0, 0.1) is 16.0 Å². The van der Waals surface area contributed by atoms with Crippen LogP contribution in [0.1, 0.15) is 18.9 Å². The molecule has 0 saturated heterocycles. The number of para-hydroxylation sites is 1. The molecule has 0 aliphatic rings. The number of hydrogen-bond donors (Lipinski definition) is 1. The first-order valence-electron chi connectivity index (χ1n) is 6.44. The van der Waals surface area contributed by atoms with E-state index in [2.05, 4.69) is 14.6 Å². The number of halogens is 1. The molecular weight excluding hydrogens is 316 g/mol. The smallest absolute Gasteiger partial charge is 0.345 e. The van der Waals surface area contributed by atoms with Gasteiger partial charge in [-0.2, -0.15) is 4.89 Å². The monoisotopic (exact) mass is 334 g/mol. The van der Waals surface area contributed by atoms with E-state index in [0.717, 1.165) is 5.56 Å². The first-order valence-corrected chi connectivity index (χ1v) is 6.44. The van der Waals surface area contributed by atoms with Gasteiger partial charge in [0.05, 0.1) is 5.92 Å². The van der Waals surface area contributed by atoms with Crippen LogP contribution in [-0.2, 0) is 25.8 Å². The summed E-state index contributed by atoms with van der Waals surface area (Å²) in [6.45, 7) is 1.21. The van der Waals surface area contributed by atoms with Gasteiger partial charge < -0.3 is 10.6 Å². The lowest BCUT2D eigenvalue weighted by Gasteiger charge is -2.11. The van der Waals surface area contributed by atoms with Crippen molar-refractivity contribution in [2.24, 2.45) is 5.92 Å². The number of carbonyl (C=O) groups excluding carboxylic acids is 1. The van der Waals surface area contributed by atoms with E-state index in [-0.39, 0.29) is 31.5 Å². The molecule has 8 nitrogen and oxygen atoms in total. The first kappa shape index (κ1) is 19.9. The lowest BCUT2D eigenvalue weighted by Crippen LogP contribution is -2.18. The second-order valence-corrected chi connectivity index (χ2v) is 4.42. The molecule has 1 rings (SSSR count). The SMILES string of the molecule is CC(CCc1ccccc1N)C(=O)OOCCO[N+](=O)[O-].Cl. The number of benzene rings is 1. The summed E-state index contributed by atoms with van der Waals surface area (Å²) in [6, 6.07) is 7.43. The lowest BCUT2D eigenvalue weighted by molar-refractivity contribution is -0.758. The average molecular weight is 335 g/mol. The largest absolute Gasteiger partial charge is 0.399 e. The molecule has 1 atom stereocenters. The third kappa shape index (κ3) is 7.65. The van der Waals surface area contributed by atoms with Gasteiger partial charge in [-0.05, 0) is 24.5 Å². The van der Waals surface area contributed by atoms with Gasteiger partial charge in [0.2, 0.25) is 0 Å². The van der Waals surface area contributed by atoms with Crippen LogP contribution >= 0.6 is 12.4 Å². The van der Waals surface area contributed by atoms with E-state index in [9.17, 15) is 14.9 Å². The Balaban J connectivity index is 0.00000441. The van der Waals surface area contributed by atoms with Crippen molar-refractivity contribution in [3.05, 3.63) is 39.9 Å². The molecule has 0 saturated carbocycles. The second-order valence-electron chi connectivity index (χ2n) is 4.42. The van der Waals surface area contributed by atoms with Crippen molar-refractivity contribution < 1.29 is 24.5 Å². The predicted molar refractivity (Wildman–Crippen MR) is 80.6 cm³/mol. The second kappa shape index (κ2) is 10.6. The summed E-state index contributed by atoms with van der Waals surface area (Å²) in [5, 5.41) is 8.92. The Morgan fingerprint density at radius 2 is 2.05 bits per heavy atom. The van der Waals surface area contributed by atoms with Gasteiger partial charge in [0, 0.05) is 5.69 Å². The van der Waals surface area contributed by atoms with Gasteiger partial charge in [-0.1, -0.05) is 25.1 Å². The van der Waals surface area contributed by atoms with Crippen LogP contribution in [0.3, 0.4) is 0 Å². The van der Waals surface area contributed by atoms with Crippen molar-refractivity contribution in [1.29, 1.82) is 0 Å². The van der Waals surface area contributed by atoms with Gasteiger partial charge in [-0.15, -0.1) is 22.5 Å². The minimum absolute atomic E-state index is 0. The van der Waals surface area contributed by atoms with Crippen LogP contribution in [0.2, 0.25) is 0 Å². The maximum Gasteiger partial charge on any atom is 0.345 e. The number of aryl methyl sites for hydroxylation is 1. The fourth-order valence-corrected chi connectivity index (χ4v) is 1.58. The molecule has 22 heavy (non-hydrogen) atoms. The highest BCUT2D eigenvalue weighted by Crippen LogP contribution is 2.16. The summed E-state index contributed by atoms with van der Waals surface area (Å²) in [7, 11) is 0. The van der Waals surface area contributed by atoms with Gasteiger partial charge in [-0.25, -0.2) is 4.79 Å². The molecule has 0 heterocycles. The predicted octanol–water partition coefficient (Wildman–Crippen LogP) is 1.94. The maximum atomic E-state index is 11.6. The molecule has 0 bridgehead atoms. The summed E-state index contributed by atoms with van der Waals surface area (Å²) in [4.78, 5) is 34.5. The number of nitrogens with zero attached hydrogens (tertiary/aromatic N) is 1. The van der Waals surface area contributed by atoms with Crippen LogP contribution in [0.5, 0.6) is 0 Å². The van der Waals surface area contributed by atoms with Gasteiger partial charge in [0.15, 0.2) is 0 Å². The first-order chi connectivity index (χ1) is 10.0. The van der Waals surface area contributed by atoms with Crippen LogP contribution < -0.4 is 5.73 Å². The normalized spacial score (nSPS) is 11.1. The van der Waals surface area contributed by atoms with Crippen molar-refractivity contribution in [3.8, 4) is 0 Å². The number of carbonyl (C=O) groups is 1. The number of rotatable bonds is 9. The van der Waals surface area contributed by atoms with Crippen LogP contribution in [0.15, 0.2) is 24.3 Å². The molecule has 124 valence electrons. The zero-order chi connectivity index (χ0) is 15.7. The maximum absolute atomic E-state index is 11.6. The highest BCUT2D eigenvalue weighted by atomic mass is 35.5. The van der Waals surface area contributed by atoms with E-state index in [1.54, 1.807) is 13.0 Å². The van der Waals surface area contributed by atoms with E-state index in [1.165, 1.54) is 0 Å². The van der Waals surface area contributed by atoms with Gasteiger partial charge in [-0.3, -0.25) is 4.89 Å². The number of anilines is 1. The van der Waals surface area contributed by atoms with Crippen molar-refractivity contribution in [3.63, 3.8) is 0 Å². The zero-order valence-electron chi connectivity index (χ0n) is 12.1. The topological polar surface area (TPSA) is 114 Å². The van der Waals surface area contributed by atoms with Crippen LogP contribution in [0.4, 0.5) is 5.69 Å². The molecule has 1 aromatic carbocycles. The Morgan fingerprint density at radius 3 is 2.68 bits per heavy atom. The highest BCUT2D eigenvalue weighted by molar-refractivity contribution is 5.85. The molecule has 0 aromatic heterocycles. The van der Waals surface area contributed by atoms with Crippen molar-refractivity contribution in [2.75, 3.05) is 18.9 Å². The fourth-order valence-electron chi connectivity index (χ4n) is 1.58. The van der Waals surface area contributed by atoms with Crippen LogP contribution in [-0.4, -0.2) is 24.3 Å². The highest BCUT2D eigenvalue weighted by Gasteiger charge is 2.16. The quantitative estimate of drug-likeness (QED) is 0.241. The van der Waals surface area contributed by atoms with Crippen LogP contribution in [0.25, 0.3) is 0 Å². The average Bonchev–Trinajstić information content (AvgIpc) is 2.45.